The Morgan fingerprint density at radius 3 is 2.93 bits per heavy atom. The molecule has 1 N–H and O–H groups in total. The van der Waals surface area contributed by atoms with E-state index < -0.39 is 5.82 Å². The predicted molar refractivity (Wildman–Crippen MR) is 110 cm³/mol. The molecule has 3 heterocycles. The number of hydrogen-bond donors (Lipinski definition) is 1. The van der Waals surface area contributed by atoms with E-state index in [0.29, 0.717) is 6.54 Å². The van der Waals surface area contributed by atoms with Crippen molar-refractivity contribution in [2.24, 2.45) is 5.92 Å². The van der Waals surface area contributed by atoms with Crippen LogP contribution in [0.25, 0.3) is 5.52 Å². The normalized spacial score (nSPS) is 19.2. The average Bonchev–Trinajstić information content (AvgIpc) is 3.14. The first kappa shape index (κ1) is 18.1. The summed E-state index contributed by atoms with van der Waals surface area (Å²) in [7, 11) is 0. The molecular formula is C22H24FN5O. The maximum atomic E-state index is 13.9. The fourth-order valence-corrected chi connectivity index (χ4v) is 4.56. The van der Waals surface area contributed by atoms with Crippen LogP contribution in [-0.4, -0.2) is 33.6 Å². The number of carbonyl (C=O) groups excluding carboxylic acids is 1. The number of hydrogen-bond acceptors (Lipinski definition) is 4. The van der Waals surface area contributed by atoms with Crippen LogP contribution in [0.4, 0.5) is 15.9 Å². The summed E-state index contributed by atoms with van der Waals surface area (Å²) in [5.74, 6) is 0.156. The highest BCUT2D eigenvalue weighted by Gasteiger charge is 2.29. The molecule has 150 valence electrons. The number of nitrogens with zero attached hydrogens (tertiary/aromatic N) is 4. The molecule has 1 atom stereocenters. The molecule has 2 aliphatic rings. The molecule has 0 radical (unpaired) electrons. The van der Waals surface area contributed by atoms with Gasteiger partial charge in [-0.2, -0.15) is 5.10 Å². The zero-order valence-corrected chi connectivity index (χ0v) is 16.3. The first-order chi connectivity index (χ1) is 14.2. The van der Waals surface area contributed by atoms with Gasteiger partial charge in [0.05, 0.1) is 17.3 Å². The third-order valence-electron chi connectivity index (χ3n) is 6.02. The number of halogens is 1. The largest absolute Gasteiger partial charge is 0.354 e. The summed E-state index contributed by atoms with van der Waals surface area (Å²) < 4.78 is 15.9. The summed E-state index contributed by atoms with van der Waals surface area (Å²) in [6.07, 6.45) is 9.78. The van der Waals surface area contributed by atoms with Crippen molar-refractivity contribution in [1.82, 2.24) is 14.6 Å². The molecule has 1 aliphatic heterocycles. The van der Waals surface area contributed by atoms with Crippen molar-refractivity contribution >= 4 is 22.9 Å². The van der Waals surface area contributed by atoms with Gasteiger partial charge in [0.25, 0.3) is 0 Å². The van der Waals surface area contributed by atoms with Crippen LogP contribution < -0.4 is 10.2 Å². The Hall–Kier alpha value is -2.96. The molecule has 3 aromatic rings. The van der Waals surface area contributed by atoms with E-state index in [4.69, 9.17) is 5.10 Å². The minimum absolute atomic E-state index is 0.137. The number of para-hydroxylation sites is 1. The summed E-state index contributed by atoms with van der Waals surface area (Å²) in [5.41, 5.74) is 3.80. The predicted octanol–water partition coefficient (Wildman–Crippen LogP) is 3.60. The van der Waals surface area contributed by atoms with Gasteiger partial charge in [-0.05, 0) is 50.7 Å². The third-order valence-corrected chi connectivity index (χ3v) is 6.02. The number of anilines is 2. The third kappa shape index (κ3) is 3.34. The van der Waals surface area contributed by atoms with Crippen molar-refractivity contribution in [1.29, 1.82) is 0 Å². The summed E-state index contributed by atoms with van der Waals surface area (Å²) in [5, 5.41) is 7.51. The highest BCUT2D eigenvalue weighted by molar-refractivity contribution is 5.93. The Labute approximate surface area is 168 Å². The summed E-state index contributed by atoms with van der Waals surface area (Å²) in [6, 6.07) is 6.29. The molecule has 1 saturated heterocycles. The molecule has 2 aromatic heterocycles. The van der Waals surface area contributed by atoms with Crippen LogP contribution in [0.3, 0.4) is 0 Å². The Morgan fingerprint density at radius 1 is 1.17 bits per heavy atom. The minimum Gasteiger partial charge on any atom is -0.354 e. The first-order valence-electron chi connectivity index (χ1n) is 10.4. The van der Waals surface area contributed by atoms with E-state index in [0.717, 1.165) is 43.6 Å². The maximum Gasteiger partial charge on any atom is 0.229 e. The number of piperidine rings is 1. The Morgan fingerprint density at radius 2 is 2.03 bits per heavy atom. The molecule has 0 saturated carbocycles. The second-order valence-corrected chi connectivity index (χ2v) is 7.93. The number of rotatable bonds is 3. The van der Waals surface area contributed by atoms with E-state index in [-0.39, 0.29) is 17.5 Å². The second-order valence-electron chi connectivity index (χ2n) is 7.93. The van der Waals surface area contributed by atoms with Crippen LogP contribution in [0.15, 0.2) is 36.7 Å². The van der Waals surface area contributed by atoms with Crippen molar-refractivity contribution in [3.8, 4) is 0 Å². The van der Waals surface area contributed by atoms with Crippen LogP contribution in [0.5, 0.6) is 0 Å². The van der Waals surface area contributed by atoms with E-state index in [1.807, 2.05) is 10.7 Å². The molecule has 1 aromatic carbocycles. The molecular weight excluding hydrogens is 369 g/mol. The lowest BCUT2D eigenvalue weighted by Gasteiger charge is -2.33. The van der Waals surface area contributed by atoms with Gasteiger partial charge in [0.2, 0.25) is 5.91 Å². The van der Waals surface area contributed by atoms with Crippen molar-refractivity contribution in [2.45, 2.75) is 38.5 Å². The van der Waals surface area contributed by atoms with Crippen LogP contribution >= 0.6 is 0 Å². The molecule has 1 amide bonds. The molecule has 0 bridgehead atoms. The van der Waals surface area contributed by atoms with Crippen LogP contribution in [0.1, 0.15) is 36.9 Å². The van der Waals surface area contributed by atoms with Crippen LogP contribution in [-0.2, 0) is 17.6 Å². The monoisotopic (exact) mass is 393 g/mol. The SMILES string of the molecule is O=C(Nc1ccccc1F)C1CCCN(c2nccn3nc4c(c23)CCCC4)C1. The molecule has 6 nitrogen and oxygen atoms in total. The molecule has 0 spiro atoms. The standard InChI is InChI=1S/C22H24FN5O/c23-17-8-2-4-10-19(17)25-22(29)15-6-5-12-27(14-15)21-20-16-7-1-3-9-18(16)26-28(20)13-11-24-21/h2,4,8,10-11,13,15H,1,3,5-7,9,12,14H2,(H,25,29). The quantitative estimate of drug-likeness (QED) is 0.739. The van der Waals surface area contributed by atoms with Gasteiger partial charge in [-0.25, -0.2) is 13.9 Å². The Balaban J connectivity index is 1.40. The van der Waals surface area contributed by atoms with Gasteiger partial charge in [-0.1, -0.05) is 12.1 Å². The highest BCUT2D eigenvalue weighted by Crippen LogP contribution is 2.32. The van der Waals surface area contributed by atoms with Crippen molar-refractivity contribution in [2.75, 3.05) is 23.3 Å². The van der Waals surface area contributed by atoms with Crippen molar-refractivity contribution in [3.05, 3.63) is 53.7 Å². The zero-order chi connectivity index (χ0) is 19.8. The lowest BCUT2D eigenvalue weighted by Crippen LogP contribution is -2.41. The van der Waals surface area contributed by atoms with E-state index >= 15 is 0 Å². The lowest BCUT2D eigenvalue weighted by molar-refractivity contribution is -0.120. The van der Waals surface area contributed by atoms with Gasteiger partial charge in [-0.15, -0.1) is 0 Å². The van der Waals surface area contributed by atoms with Gasteiger partial charge in [-0.3, -0.25) is 4.79 Å². The van der Waals surface area contributed by atoms with E-state index in [2.05, 4.69) is 15.2 Å². The highest BCUT2D eigenvalue weighted by atomic mass is 19.1. The van der Waals surface area contributed by atoms with Gasteiger partial charge < -0.3 is 10.2 Å². The first-order valence-corrected chi connectivity index (χ1v) is 10.4. The number of aromatic nitrogens is 3. The summed E-state index contributed by atoms with van der Waals surface area (Å²) in [6.45, 7) is 1.43. The number of carbonyl (C=O) groups is 1. The summed E-state index contributed by atoms with van der Waals surface area (Å²) >= 11 is 0. The molecule has 1 unspecified atom stereocenters. The minimum atomic E-state index is -0.411. The second kappa shape index (κ2) is 7.46. The Bertz CT molecular complexity index is 1060. The topological polar surface area (TPSA) is 62.5 Å². The van der Waals surface area contributed by atoms with Gasteiger partial charge in [0, 0.05) is 31.0 Å². The zero-order valence-electron chi connectivity index (χ0n) is 16.3. The lowest BCUT2D eigenvalue weighted by atomic mass is 9.95. The van der Waals surface area contributed by atoms with E-state index in [1.165, 1.54) is 30.2 Å². The maximum absolute atomic E-state index is 13.9. The molecule has 7 heteroatoms. The van der Waals surface area contributed by atoms with Crippen molar-refractivity contribution in [3.63, 3.8) is 0 Å². The number of benzene rings is 1. The van der Waals surface area contributed by atoms with E-state index in [1.54, 1.807) is 24.4 Å². The fourth-order valence-electron chi connectivity index (χ4n) is 4.56. The van der Waals surface area contributed by atoms with Gasteiger partial charge in [0.1, 0.15) is 11.3 Å². The van der Waals surface area contributed by atoms with Crippen LogP contribution in [0, 0.1) is 11.7 Å². The number of aryl methyl sites for hydroxylation is 2. The smallest absolute Gasteiger partial charge is 0.229 e. The molecule has 5 rings (SSSR count). The average molecular weight is 393 g/mol. The summed E-state index contributed by atoms with van der Waals surface area (Å²) in [4.78, 5) is 19.7. The Kier molecular flexibility index (Phi) is 4.66. The number of fused-ring (bicyclic) bond motifs is 3. The van der Waals surface area contributed by atoms with Crippen molar-refractivity contribution < 1.29 is 9.18 Å². The molecule has 1 fully saturated rings. The molecule has 1 aliphatic carbocycles. The number of nitrogens with one attached hydrogen (secondary N) is 1. The van der Waals surface area contributed by atoms with Crippen LogP contribution in [0.2, 0.25) is 0 Å². The van der Waals surface area contributed by atoms with Gasteiger partial charge >= 0.3 is 0 Å². The number of amides is 1. The molecule has 29 heavy (non-hydrogen) atoms. The van der Waals surface area contributed by atoms with E-state index in [9.17, 15) is 9.18 Å². The van der Waals surface area contributed by atoms with Gasteiger partial charge in [0.15, 0.2) is 5.82 Å². The fraction of sp³-hybridized carbons (Fsp3) is 0.409.